The Morgan fingerprint density at radius 3 is 2.70 bits per heavy atom. The van der Waals surface area contributed by atoms with Crippen molar-refractivity contribution in [3.05, 3.63) is 35.6 Å². The van der Waals surface area contributed by atoms with Gasteiger partial charge in [0, 0.05) is 25.2 Å². The third-order valence-corrected chi connectivity index (χ3v) is 4.51. The number of amides is 1. The van der Waals surface area contributed by atoms with Crippen molar-refractivity contribution in [1.82, 2.24) is 10.2 Å². The Bertz CT molecular complexity index is 485. The smallest absolute Gasteiger partial charge is 0.254 e. The normalized spacial score (nSPS) is 24.1. The standard InChI is InChI=1S/C16H21FN2O/c17-15-8-4-3-7-14(15)16(20)18-12-9-10-19(11-12)13-5-1-2-6-13/h3-4,7-8,12-13H,1-2,5-6,9-11H2,(H,18,20). The van der Waals surface area contributed by atoms with E-state index in [0.29, 0.717) is 6.04 Å². The SMILES string of the molecule is O=C(NC1CCN(C2CCCC2)C1)c1ccccc1F. The molecule has 0 spiro atoms. The summed E-state index contributed by atoms with van der Waals surface area (Å²) < 4.78 is 13.6. The van der Waals surface area contributed by atoms with E-state index < -0.39 is 5.82 Å². The summed E-state index contributed by atoms with van der Waals surface area (Å²) in [6.07, 6.45) is 6.19. The van der Waals surface area contributed by atoms with Crippen LogP contribution >= 0.6 is 0 Å². The number of hydrogen-bond acceptors (Lipinski definition) is 2. The fourth-order valence-electron chi connectivity index (χ4n) is 3.41. The first-order chi connectivity index (χ1) is 9.74. The molecule has 20 heavy (non-hydrogen) atoms. The molecule has 3 rings (SSSR count). The van der Waals surface area contributed by atoms with Gasteiger partial charge in [-0.15, -0.1) is 0 Å². The Morgan fingerprint density at radius 1 is 1.20 bits per heavy atom. The van der Waals surface area contributed by atoms with Crippen LogP contribution in [0, 0.1) is 5.82 Å². The van der Waals surface area contributed by atoms with E-state index in [0.717, 1.165) is 19.5 Å². The molecule has 108 valence electrons. The maximum Gasteiger partial charge on any atom is 0.254 e. The number of nitrogens with one attached hydrogen (secondary N) is 1. The van der Waals surface area contributed by atoms with Crippen LogP contribution < -0.4 is 5.32 Å². The summed E-state index contributed by atoms with van der Waals surface area (Å²) in [7, 11) is 0. The molecule has 1 unspecified atom stereocenters. The van der Waals surface area contributed by atoms with Gasteiger partial charge in [-0.1, -0.05) is 25.0 Å². The van der Waals surface area contributed by atoms with Gasteiger partial charge in [0.05, 0.1) is 5.56 Å². The summed E-state index contributed by atoms with van der Waals surface area (Å²) in [6.45, 7) is 1.96. The van der Waals surface area contributed by atoms with E-state index in [-0.39, 0.29) is 17.5 Å². The molecule has 1 saturated heterocycles. The van der Waals surface area contributed by atoms with Gasteiger partial charge in [0.1, 0.15) is 5.82 Å². The van der Waals surface area contributed by atoms with Gasteiger partial charge in [0.15, 0.2) is 0 Å². The molecule has 1 N–H and O–H groups in total. The second-order valence-electron chi connectivity index (χ2n) is 5.87. The Kier molecular flexibility index (Phi) is 4.01. The lowest BCUT2D eigenvalue weighted by Gasteiger charge is -2.23. The molecule has 4 heteroatoms. The summed E-state index contributed by atoms with van der Waals surface area (Å²) in [4.78, 5) is 14.6. The molecule has 3 nitrogen and oxygen atoms in total. The topological polar surface area (TPSA) is 32.3 Å². The quantitative estimate of drug-likeness (QED) is 0.920. The highest BCUT2D eigenvalue weighted by atomic mass is 19.1. The van der Waals surface area contributed by atoms with Crippen LogP contribution in [0.3, 0.4) is 0 Å². The molecule has 1 aromatic rings. The van der Waals surface area contributed by atoms with Crippen LogP contribution in [0.4, 0.5) is 4.39 Å². The highest BCUT2D eigenvalue weighted by Crippen LogP contribution is 2.26. The Hall–Kier alpha value is -1.42. The summed E-state index contributed by atoms with van der Waals surface area (Å²) >= 11 is 0. The van der Waals surface area contributed by atoms with Gasteiger partial charge >= 0.3 is 0 Å². The number of benzene rings is 1. The molecule has 1 aliphatic heterocycles. The molecule has 2 aliphatic rings. The molecule has 1 atom stereocenters. The van der Waals surface area contributed by atoms with Crippen LogP contribution in [0.5, 0.6) is 0 Å². The molecule has 0 aromatic heterocycles. The van der Waals surface area contributed by atoms with Gasteiger partial charge < -0.3 is 5.32 Å². The number of halogens is 1. The van der Waals surface area contributed by atoms with Crippen molar-refractivity contribution in [1.29, 1.82) is 0 Å². The van der Waals surface area contributed by atoms with E-state index in [1.807, 2.05) is 0 Å². The van der Waals surface area contributed by atoms with Crippen molar-refractivity contribution in [3.63, 3.8) is 0 Å². The van der Waals surface area contributed by atoms with Gasteiger partial charge in [-0.3, -0.25) is 9.69 Å². The van der Waals surface area contributed by atoms with Crippen molar-refractivity contribution >= 4 is 5.91 Å². The number of hydrogen-bond donors (Lipinski definition) is 1. The van der Waals surface area contributed by atoms with Gasteiger partial charge in [0.2, 0.25) is 0 Å². The monoisotopic (exact) mass is 276 g/mol. The molecule has 0 radical (unpaired) electrons. The Labute approximate surface area is 119 Å². The Balaban J connectivity index is 1.56. The molecule has 1 aliphatic carbocycles. The van der Waals surface area contributed by atoms with E-state index >= 15 is 0 Å². The van der Waals surface area contributed by atoms with Gasteiger partial charge in [-0.05, 0) is 31.4 Å². The minimum atomic E-state index is -0.448. The van der Waals surface area contributed by atoms with Gasteiger partial charge in [0.25, 0.3) is 5.91 Å². The fourth-order valence-corrected chi connectivity index (χ4v) is 3.41. The van der Waals surface area contributed by atoms with Crippen molar-refractivity contribution < 1.29 is 9.18 Å². The Morgan fingerprint density at radius 2 is 1.95 bits per heavy atom. The number of likely N-dealkylation sites (tertiary alicyclic amines) is 1. The van der Waals surface area contributed by atoms with Crippen molar-refractivity contribution in [2.75, 3.05) is 13.1 Å². The van der Waals surface area contributed by atoms with Crippen LogP contribution in [-0.2, 0) is 0 Å². The summed E-state index contributed by atoms with van der Waals surface area (Å²) in [5, 5.41) is 2.97. The first-order valence-corrected chi connectivity index (χ1v) is 7.53. The molecular weight excluding hydrogens is 255 g/mol. The van der Waals surface area contributed by atoms with Crippen LogP contribution in [0.25, 0.3) is 0 Å². The third-order valence-electron chi connectivity index (χ3n) is 4.51. The fraction of sp³-hybridized carbons (Fsp3) is 0.562. The van der Waals surface area contributed by atoms with Crippen LogP contribution in [0.2, 0.25) is 0 Å². The van der Waals surface area contributed by atoms with Crippen molar-refractivity contribution in [2.45, 2.75) is 44.2 Å². The summed E-state index contributed by atoms with van der Waals surface area (Å²) in [5.74, 6) is -0.739. The number of carbonyl (C=O) groups excluding carboxylic acids is 1. The number of nitrogens with zero attached hydrogens (tertiary/aromatic N) is 1. The molecule has 2 fully saturated rings. The van der Waals surface area contributed by atoms with Crippen LogP contribution in [0.15, 0.2) is 24.3 Å². The lowest BCUT2D eigenvalue weighted by Crippen LogP contribution is -2.39. The molecule has 0 bridgehead atoms. The zero-order chi connectivity index (χ0) is 13.9. The summed E-state index contributed by atoms with van der Waals surface area (Å²) in [5.41, 5.74) is 0.145. The molecule has 1 saturated carbocycles. The predicted molar refractivity (Wildman–Crippen MR) is 76.1 cm³/mol. The average Bonchev–Trinajstić information content (AvgIpc) is 3.09. The lowest BCUT2D eigenvalue weighted by atomic mass is 10.1. The molecular formula is C16H21FN2O. The summed E-state index contributed by atoms with van der Waals surface area (Å²) in [6, 6.07) is 7.01. The lowest BCUT2D eigenvalue weighted by molar-refractivity contribution is 0.0932. The highest BCUT2D eigenvalue weighted by Gasteiger charge is 2.30. The van der Waals surface area contributed by atoms with Gasteiger partial charge in [-0.2, -0.15) is 0 Å². The first-order valence-electron chi connectivity index (χ1n) is 7.53. The van der Waals surface area contributed by atoms with E-state index in [1.54, 1.807) is 12.1 Å². The van der Waals surface area contributed by atoms with E-state index in [9.17, 15) is 9.18 Å². The predicted octanol–water partition coefficient (Wildman–Crippen LogP) is 2.57. The first kappa shape index (κ1) is 13.6. The largest absolute Gasteiger partial charge is 0.348 e. The van der Waals surface area contributed by atoms with E-state index in [4.69, 9.17) is 0 Å². The number of rotatable bonds is 3. The van der Waals surface area contributed by atoms with Crippen LogP contribution in [0.1, 0.15) is 42.5 Å². The minimum Gasteiger partial charge on any atom is -0.348 e. The zero-order valence-corrected chi connectivity index (χ0v) is 11.6. The second-order valence-corrected chi connectivity index (χ2v) is 5.87. The minimum absolute atomic E-state index is 0.145. The molecule has 1 amide bonds. The van der Waals surface area contributed by atoms with Crippen molar-refractivity contribution in [3.8, 4) is 0 Å². The maximum atomic E-state index is 13.6. The van der Waals surface area contributed by atoms with Gasteiger partial charge in [-0.25, -0.2) is 4.39 Å². The highest BCUT2D eigenvalue weighted by molar-refractivity contribution is 5.94. The van der Waals surface area contributed by atoms with Crippen LogP contribution in [-0.4, -0.2) is 36.0 Å². The maximum absolute atomic E-state index is 13.6. The molecule has 1 heterocycles. The third kappa shape index (κ3) is 2.85. The van der Waals surface area contributed by atoms with E-state index in [1.165, 1.54) is 37.8 Å². The van der Waals surface area contributed by atoms with Crippen molar-refractivity contribution in [2.24, 2.45) is 0 Å². The second kappa shape index (κ2) is 5.92. The molecule has 1 aromatic carbocycles. The average molecular weight is 276 g/mol. The number of carbonyl (C=O) groups is 1. The zero-order valence-electron chi connectivity index (χ0n) is 11.6. The van der Waals surface area contributed by atoms with E-state index in [2.05, 4.69) is 10.2 Å².